The summed E-state index contributed by atoms with van der Waals surface area (Å²) in [5.74, 6) is 1.61. The number of benzene rings is 1. The molecule has 1 aromatic rings. The standard InChI is InChI=1S/C20H28O7/c1-2-16(12-18-14-27-18)20-19(15(1)11-17-13-26-17)24-9-7-22-5-3-21-4-6-23-8-10-25-20/h1-2,17-18H,3-14H2. The second-order valence-corrected chi connectivity index (χ2v) is 6.90. The van der Waals surface area contributed by atoms with Gasteiger partial charge in [0, 0.05) is 24.0 Å². The number of hydrogen-bond acceptors (Lipinski definition) is 7. The fourth-order valence-electron chi connectivity index (χ4n) is 3.09. The molecule has 1 aromatic carbocycles. The Kier molecular flexibility index (Phi) is 6.81. The van der Waals surface area contributed by atoms with Crippen LogP contribution in [-0.2, 0) is 36.5 Å². The van der Waals surface area contributed by atoms with Gasteiger partial charge in [-0.05, 0) is 0 Å². The summed E-state index contributed by atoms with van der Waals surface area (Å²) in [5.41, 5.74) is 2.23. The average molecular weight is 380 g/mol. The zero-order chi connectivity index (χ0) is 18.3. The summed E-state index contributed by atoms with van der Waals surface area (Å²) in [6, 6.07) is 4.25. The highest BCUT2D eigenvalue weighted by Gasteiger charge is 2.29. The Labute approximate surface area is 159 Å². The average Bonchev–Trinajstić information content (AvgIpc) is 3.57. The van der Waals surface area contributed by atoms with E-state index in [0.717, 1.165) is 48.7 Å². The number of hydrogen-bond donors (Lipinski definition) is 0. The van der Waals surface area contributed by atoms with Crippen molar-refractivity contribution in [2.24, 2.45) is 0 Å². The summed E-state index contributed by atoms with van der Waals surface area (Å²) in [6.45, 7) is 5.79. The Morgan fingerprint density at radius 2 is 0.963 bits per heavy atom. The van der Waals surface area contributed by atoms with Crippen molar-refractivity contribution in [2.45, 2.75) is 25.0 Å². The van der Waals surface area contributed by atoms with Crippen molar-refractivity contribution in [3.63, 3.8) is 0 Å². The molecule has 0 radical (unpaired) electrons. The zero-order valence-electron chi connectivity index (χ0n) is 15.7. The maximum absolute atomic E-state index is 6.14. The molecule has 0 aromatic heterocycles. The van der Waals surface area contributed by atoms with Gasteiger partial charge in [-0.25, -0.2) is 0 Å². The van der Waals surface area contributed by atoms with Crippen molar-refractivity contribution in [1.82, 2.24) is 0 Å². The Morgan fingerprint density at radius 3 is 1.33 bits per heavy atom. The molecule has 2 atom stereocenters. The number of epoxide rings is 2. The van der Waals surface area contributed by atoms with Crippen LogP contribution in [0.1, 0.15) is 11.1 Å². The first-order valence-corrected chi connectivity index (χ1v) is 9.77. The van der Waals surface area contributed by atoms with Crippen LogP contribution in [0.15, 0.2) is 12.1 Å². The molecule has 0 bridgehead atoms. The van der Waals surface area contributed by atoms with Gasteiger partial charge >= 0.3 is 0 Å². The van der Waals surface area contributed by atoms with Crippen LogP contribution in [0.5, 0.6) is 11.5 Å². The Balaban J connectivity index is 1.53. The molecule has 0 amide bonds. The lowest BCUT2D eigenvalue weighted by atomic mass is 10.0. The third-order valence-electron chi connectivity index (χ3n) is 4.67. The first kappa shape index (κ1) is 19.0. The number of rotatable bonds is 4. The Hall–Kier alpha value is -1.38. The maximum atomic E-state index is 6.14. The quantitative estimate of drug-likeness (QED) is 0.731. The Morgan fingerprint density at radius 1 is 0.593 bits per heavy atom. The van der Waals surface area contributed by atoms with E-state index >= 15 is 0 Å². The van der Waals surface area contributed by atoms with Crippen LogP contribution in [0.25, 0.3) is 0 Å². The molecule has 3 aliphatic heterocycles. The minimum Gasteiger partial charge on any atom is -0.487 e. The van der Waals surface area contributed by atoms with E-state index in [4.69, 9.17) is 33.2 Å². The molecule has 0 aliphatic carbocycles. The number of fused-ring (bicyclic) bond motifs is 1. The highest BCUT2D eigenvalue weighted by molar-refractivity contribution is 5.53. The lowest BCUT2D eigenvalue weighted by Gasteiger charge is -2.19. The lowest BCUT2D eigenvalue weighted by molar-refractivity contribution is 0.00704. The van der Waals surface area contributed by atoms with Gasteiger partial charge in [0.05, 0.1) is 65.1 Å². The van der Waals surface area contributed by atoms with Crippen molar-refractivity contribution in [3.8, 4) is 11.5 Å². The van der Waals surface area contributed by atoms with E-state index in [-0.39, 0.29) is 12.2 Å². The monoisotopic (exact) mass is 380 g/mol. The lowest BCUT2D eigenvalue weighted by Crippen LogP contribution is -2.14. The highest BCUT2D eigenvalue weighted by Crippen LogP contribution is 2.39. The molecule has 4 rings (SSSR count). The second-order valence-electron chi connectivity index (χ2n) is 6.90. The molecular formula is C20H28O7. The molecule has 2 fully saturated rings. The van der Waals surface area contributed by atoms with Gasteiger partial charge in [-0.3, -0.25) is 0 Å². The van der Waals surface area contributed by atoms with Gasteiger partial charge in [0.2, 0.25) is 0 Å². The van der Waals surface area contributed by atoms with E-state index < -0.39 is 0 Å². The van der Waals surface area contributed by atoms with Crippen molar-refractivity contribution >= 4 is 0 Å². The second kappa shape index (κ2) is 9.71. The summed E-state index contributed by atoms with van der Waals surface area (Å²) in [5, 5.41) is 0. The molecule has 3 aliphatic rings. The number of ether oxygens (including phenoxy) is 7. The normalized spacial score (nSPS) is 26.7. The minimum atomic E-state index is 0.281. The third-order valence-corrected chi connectivity index (χ3v) is 4.67. The minimum absolute atomic E-state index is 0.281. The highest BCUT2D eigenvalue weighted by atomic mass is 16.6. The van der Waals surface area contributed by atoms with Gasteiger partial charge < -0.3 is 33.2 Å². The topological polar surface area (TPSA) is 71.2 Å². The molecule has 150 valence electrons. The summed E-state index contributed by atoms with van der Waals surface area (Å²) in [7, 11) is 0. The molecule has 2 unspecified atom stereocenters. The van der Waals surface area contributed by atoms with Crippen LogP contribution in [0.2, 0.25) is 0 Å². The first-order chi connectivity index (χ1) is 13.4. The van der Waals surface area contributed by atoms with Crippen LogP contribution < -0.4 is 9.47 Å². The van der Waals surface area contributed by atoms with Crippen LogP contribution in [0, 0.1) is 0 Å². The molecule has 0 saturated carbocycles. The van der Waals surface area contributed by atoms with Crippen molar-refractivity contribution < 1.29 is 33.2 Å². The van der Waals surface area contributed by atoms with Gasteiger partial charge in [0.1, 0.15) is 13.2 Å². The molecule has 0 N–H and O–H groups in total. The van der Waals surface area contributed by atoms with Gasteiger partial charge in [-0.1, -0.05) is 12.1 Å². The van der Waals surface area contributed by atoms with Gasteiger partial charge in [0.15, 0.2) is 11.5 Å². The maximum Gasteiger partial charge on any atom is 0.164 e. The summed E-state index contributed by atoms with van der Waals surface area (Å²) >= 11 is 0. The predicted molar refractivity (Wildman–Crippen MR) is 96.8 cm³/mol. The SMILES string of the molecule is c1cc(CC2CO2)c2c(c1CC1CO1)OCCOCCOCCOCCO2. The zero-order valence-corrected chi connectivity index (χ0v) is 15.7. The molecule has 3 heterocycles. The van der Waals surface area contributed by atoms with E-state index in [1.165, 1.54) is 0 Å². The molecule has 27 heavy (non-hydrogen) atoms. The molecule has 7 nitrogen and oxygen atoms in total. The van der Waals surface area contributed by atoms with E-state index in [9.17, 15) is 0 Å². The van der Waals surface area contributed by atoms with E-state index in [2.05, 4.69) is 12.1 Å². The molecule has 2 saturated heterocycles. The first-order valence-electron chi connectivity index (χ1n) is 9.77. The molecule has 7 heteroatoms. The smallest absolute Gasteiger partial charge is 0.164 e. The third kappa shape index (κ3) is 6.05. The van der Waals surface area contributed by atoms with Crippen molar-refractivity contribution in [3.05, 3.63) is 23.3 Å². The Bertz CT molecular complexity index is 547. The van der Waals surface area contributed by atoms with Crippen molar-refractivity contribution in [2.75, 3.05) is 66.1 Å². The predicted octanol–water partition coefficient (Wildman–Crippen LogP) is 1.39. The fourth-order valence-corrected chi connectivity index (χ4v) is 3.09. The summed E-state index contributed by atoms with van der Waals surface area (Å²) < 4.78 is 39.7. The van der Waals surface area contributed by atoms with Crippen LogP contribution >= 0.6 is 0 Å². The molecular weight excluding hydrogens is 352 g/mol. The van der Waals surface area contributed by atoms with E-state index in [1.54, 1.807) is 0 Å². The van der Waals surface area contributed by atoms with Gasteiger partial charge in [-0.2, -0.15) is 0 Å². The largest absolute Gasteiger partial charge is 0.487 e. The van der Waals surface area contributed by atoms with Crippen LogP contribution in [-0.4, -0.2) is 78.3 Å². The van der Waals surface area contributed by atoms with Crippen LogP contribution in [0.4, 0.5) is 0 Å². The summed E-state index contributed by atoms with van der Waals surface area (Å²) in [4.78, 5) is 0. The van der Waals surface area contributed by atoms with Gasteiger partial charge in [0.25, 0.3) is 0 Å². The molecule has 0 spiro atoms. The fraction of sp³-hybridized carbons (Fsp3) is 0.700. The van der Waals surface area contributed by atoms with E-state index in [0.29, 0.717) is 52.9 Å². The summed E-state index contributed by atoms with van der Waals surface area (Å²) in [6.07, 6.45) is 2.22. The van der Waals surface area contributed by atoms with Crippen LogP contribution in [0.3, 0.4) is 0 Å². The van der Waals surface area contributed by atoms with Gasteiger partial charge in [-0.15, -0.1) is 0 Å². The van der Waals surface area contributed by atoms with E-state index in [1.807, 2.05) is 0 Å². The van der Waals surface area contributed by atoms with Crippen molar-refractivity contribution in [1.29, 1.82) is 0 Å².